The van der Waals surface area contributed by atoms with Crippen LogP contribution in [0.3, 0.4) is 0 Å². The molecule has 1 aromatic heterocycles. The Labute approximate surface area is 145 Å². The molecule has 0 spiro atoms. The van der Waals surface area contributed by atoms with E-state index in [1.807, 2.05) is 6.92 Å². The highest BCUT2D eigenvalue weighted by atomic mass is 19.1. The summed E-state index contributed by atoms with van der Waals surface area (Å²) in [4.78, 5) is 10.7. The lowest BCUT2D eigenvalue weighted by molar-refractivity contribution is 0.426. The van der Waals surface area contributed by atoms with Gasteiger partial charge in [0.2, 0.25) is 5.88 Å². The molecule has 3 aromatic rings. The van der Waals surface area contributed by atoms with Crippen LogP contribution >= 0.6 is 0 Å². The van der Waals surface area contributed by atoms with Crippen molar-refractivity contribution in [2.24, 2.45) is 0 Å². The normalized spacial score (nSPS) is 13.4. The first kappa shape index (κ1) is 15.6. The van der Waals surface area contributed by atoms with Gasteiger partial charge in [-0.3, -0.25) is 0 Å². The minimum atomic E-state index is -0.405. The van der Waals surface area contributed by atoms with E-state index in [4.69, 9.17) is 4.74 Å². The van der Waals surface area contributed by atoms with E-state index in [1.165, 1.54) is 23.5 Å². The predicted molar refractivity (Wildman–Crippen MR) is 94.4 cm³/mol. The number of anilines is 1. The second-order valence-corrected chi connectivity index (χ2v) is 6.19. The minimum Gasteiger partial charge on any atom is -0.436 e. The molecule has 0 radical (unpaired) electrons. The second-order valence-electron chi connectivity index (χ2n) is 6.19. The standard InChI is InChI=1S/C20H18FN3O/c1-14-6-7-17(21)18(10-14)25-20-11-19(22-13-23-20)24-9-8-15-4-2-3-5-16(15)12-24/h2-7,10-11,13H,8-9,12H2,1H3. The molecule has 4 nitrogen and oxygen atoms in total. The molecule has 126 valence electrons. The summed E-state index contributed by atoms with van der Waals surface area (Å²) in [5, 5.41) is 0. The fourth-order valence-corrected chi connectivity index (χ4v) is 3.05. The Morgan fingerprint density at radius 1 is 1.04 bits per heavy atom. The highest BCUT2D eigenvalue weighted by Crippen LogP contribution is 2.28. The van der Waals surface area contributed by atoms with Gasteiger partial charge in [0.15, 0.2) is 11.6 Å². The first-order valence-electron chi connectivity index (χ1n) is 8.27. The fourth-order valence-electron chi connectivity index (χ4n) is 3.05. The SMILES string of the molecule is Cc1ccc(F)c(Oc2cc(N3CCc4ccccc4C3)ncn2)c1. The molecule has 25 heavy (non-hydrogen) atoms. The summed E-state index contributed by atoms with van der Waals surface area (Å²) in [6.45, 7) is 3.57. The van der Waals surface area contributed by atoms with Gasteiger partial charge in [0.1, 0.15) is 12.1 Å². The Bertz CT molecular complexity index is 913. The van der Waals surface area contributed by atoms with Crippen molar-refractivity contribution in [3.8, 4) is 11.6 Å². The van der Waals surface area contributed by atoms with Gasteiger partial charge >= 0.3 is 0 Å². The van der Waals surface area contributed by atoms with Gasteiger partial charge in [-0.05, 0) is 42.2 Å². The molecule has 0 saturated heterocycles. The summed E-state index contributed by atoms with van der Waals surface area (Å²) in [6, 6.07) is 15.0. The monoisotopic (exact) mass is 335 g/mol. The Hall–Kier alpha value is -2.95. The van der Waals surface area contributed by atoms with E-state index in [1.54, 1.807) is 18.2 Å². The Morgan fingerprint density at radius 3 is 2.76 bits per heavy atom. The molecule has 2 heterocycles. The Kier molecular flexibility index (Phi) is 4.06. The van der Waals surface area contributed by atoms with E-state index in [0.29, 0.717) is 5.88 Å². The molecule has 0 unspecified atom stereocenters. The molecule has 0 amide bonds. The lowest BCUT2D eigenvalue weighted by atomic mass is 10.00. The average molecular weight is 335 g/mol. The number of fused-ring (bicyclic) bond motifs is 1. The Morgan fingerprint density at radius 2 is 1.88 bits per heavy atom. The number of benzene rings is 2. The van der Waals surface area contributed by atoms with Crippen LogP contribution in [0.1, 0.15) is 16.7 Å². The van der Waals surface area contributed by atoms with E-state index in [9.17, 15) is 4.39 Å². The van der Waals surface area contributed by atoms with E-state index in [-0.39, 0.29) is 5.75 Å². The van der Waals surface area contributed by atoms with Gasteiger partial charge in [0.05, 0.1) is 0 Å². The van der Waals surface area contributed by atoms with Crippen molar-refractivity contribution in [2.75, 3.05) is 11.4 Å². The molecule has 0 saturated carbocycles. The topological polar surface area (TPSA) is 38.2 Å². The molecule has 4 rings (SSSR count). The first-order chi connectivity index (χ1) is 12.2. The van der Waals surface area contributed by atoms with E-state index >= 15 is 0 Å². The average Bonchev–Trinajstić information content (AvgIpc) is 2.64. The van der Waals surface area contributed by atoms with Gasteiger partial charge in [-0.2, -0.15) is 0 Å². The number of hydrogen-bond donors (Lipinski definition) is 0. The van der Waals surface area contributed by atoms with Crippen molar-refractivity contribution in [3.05, 3.63) is 77.4 Å². The summed E-state index contributed by atoms with van der Waals surface area (Å²) in [6.07, 6.45) is 2.43. The number of nitrogens with zero attached hydrogens (tertiary/aromatic N) is 3. The summed E-state index contributed by atoms with van der Waals surface area (Å²) in [5.74, 6) is 0.896. The third-order valence-electron chi connectivity index (χ3n) is 4.38. The number of ether oxygens (including phenoxy) is 1. The first-order valence-corrected chi connectivity index (χ1v) is 8.27. The van der Waals surface area contributed by atoms with Crippen molar-refractivity contribution in [2.45, 2.75) is 19.9 Å². The van der Waals surface area contributed by atoms with Gasteiger partial charge in [0.25, 0.3) is 0 Å². The number of halogens is 1. The summed E-state index contributed by atoms with van der Waals surface area (Å²) < 4.78 is 19.5. The van der Waals surface area contributed by atoms with Gasteiger partial charge < -0.3 is 9.64 Å². The van der Waals surface area contributed by atoms with Crippen LogP contribution in [0.2, 0.25) is 0 Å². The lowest BCUT2D eigenvalue weighted by Crippen LogP contribution is -2.30. The largest absolute Gasteiger partial charge is 0.436 e. The quantitative estimate of drug-likeness (QED) is 0.716. The zero-order valence-corrected chi connectivity index (χ0v) is 13.9. The zero-order chi connectivity index (χ0) is 17.2. The minimum absolute atomic E-state index is 0.175. The molecule has 0 bridgehead atoms. The van der Waals surface area contributed by atoms with Crippen LogP contribution in [-0.2, 0) is 13.0 Å². The van der Waals surface area contributed by atoms with Crippen LogP contribution in [0.5, 0.6) is 11.6 Å². The van der Waals surface area contributed by atoms with Crippen LogP contribution in [0.25, 0.3) is 0 Å². The van der Waals surface area contributed by atoms with Crippen molar-refractivity contribution in [1.82, 2.24) is 9.97 Å². The summed E-state index contributed by atoms with van der Waals surface area (Å²) in [5.41, 5.74) is 3.61. The van der Waals surface area contributed by atoms with E-state index < -0.39 is 5.82 Å². The third-order valence-corrected chi connectivity index (χ3v) is 4.38. The second kappa shape index (κ2) is 6.51. The summed E-state index contributed by atoms with van der Waals surface area (Å²) >= 11 is 0. The van der Waals surface area contributed by atoms with Crippen LogP contribution in [0.4, 0.5) is 10.2 Å². The van der Waals surface area contributed by atoms with Crippen molar-refractivity contribution >= 4 is 5.82 Å². The number of hydrogen-bond acceptors (Lipinski definition) is 4. The maximum atomic E-state index is 13.9. The molecule has 1 aliphatic rings. The van der Waals surface area contributed by atoms with Crippen LogP contribution in [0, 0.1) is 12.7 Å². The van der Waals surface area contributed by atoms with Crippen LogP contribution in [-0.4, -0.2) is 16.5 Å². The lowest BCUT2D eigenvalue weighted by Gasteiger charge is -2.29. The van der Waals surface area contributed by atoms with Gasteiger partial charge in [-0.15, -0.1) is 0 Å². The van der Waals surface area contributed by atoms with Crippen LogP contribution in [0.15, 0.2) is 54.9 Å². The Balaban J connectivity index is 1.57. The number of rotatable bonds is 3. The third kappa shape index (κ3) is 3.31. The molecule has 2 aromatic carbocycles. The highest BCUT2D eigenvalue weighted by molar-refractivity contribution is 5.46. The van der Waals surface area contributed by atoms with E-state index in [2.05, 4.69) is 39.1 Å². The maximum Gasteiger partial charge on any atom is 0.224 e. The maximum absolute atomic E-state index is 13.9. The van der Waals surface area contributed by atoms with Gasteiger partial charge in [-0.1, -0.05) is 30.3 Å². The molecule has 0 aliphatic carbocycles. The molecule has 5 heteroatoms. The van der Waals surface area contributed by atoms with Gasteiger partial charge in [0, 0.05) is 19.2 Å². The molecular formula is C20H18FN3O. The smallest absolute Gasteiger partial charge is 0.224 e. The number of aryl methyl sites for hydroxylation is 1. The zero-order valence-electron chi connectivity index (χ0n) is 13.9. The summed E-state index contributed by atoms with van der Waals surface area (Å²) in [7, 11) is 0. The fraction of sp³-hybridized carbons (Fsp3) is 0.200. The number of aromatic nitrogens is 2. The van der Waals surface area contributed by atoms with Crippen molar-refractivity contribution < 1.29 is 9.13 Å². The molecule has 1 aliphatic heterocycles. The van der Waals surface area contributed by atoms with Crippen molar-refractivity contribution in [1.29, 1.82) is 0 Å². The molecule has 0 atom stereocenters. The molecule has 0 N–H and O–H groups in total. The molecular weight excluding hydrogens is 317 g/mol. The van der Waals surface area contributed by atoms with Crippen LogP contribution < -0.4 is 9.64 Å². The predicted octanol–water partition coefficient (Wildman–Crippen LogP) is 4.28. The van der Waals surface area contributed by atoms with Crippen molar-refractivity contribution in [3.63, 3.8) is 0 Å². The van der Waals surface area contributed by atoms with E-state index in [0.717, 1.165) is 30.9 Å². The highest BCUT2D eigenvalue weighted by Gasteiger charge is 2.18. The molecule has 0 fully saturated rings. The van der Waals surface area contributed by atoms with Gasteiger partial charge in [-0.25, -0.2) is 14.4 Å².